The van der Waals surface area contributed by atoms with Crippen molar-refractivity contribution in [3.8, 4) is 0 Å². The Bertz CT molecular complexity index is 1030. The zero-order valence-electron chi connectivity index (χ0n) is 17.3. The van der Waals surface area contributed by atoms with Gasteiger partial charge in [-0.05, 0) is 48.4 Å². The van der Waals surface area contributed by atoms with Crippen molar-refractivity contribution >= 4 is 46.6 Å². The maximum absolute atomic E-state index is 13.2. The summed E-state index contributed by atoms with van der Waals surface area (Å²) in [7, 11) is 0. The van der Waals surface area contributed by atoms with E-state index in [9.17, 15) is 9.59 Å². The molecule has 0 saturated carbocycles. The van der Waals surface area contributed by atoms with Gasteiger partial charge in [0.05, 0.1) is 0 Å². The van der Waals surface area contributed by atoms with Gasteiger partial charge in [0, 0.05) is 27.7 Å². The molecule has 0 aliphatic carbocycles. The lowest BCUT2D eigenvalue weighted by molar-refractivity contribution is -0.116. The van der Waals surface area contributed by atoms with E-state index in [0.717, 1.165) is 29.0 Å². The quantitative estimate of drug-likeness (QED) is 0.345. The predicted octanol–water partition coefficient (Wildman–Crippen LogP) is 6.94. The summed E-state index contributed by atoms with van der Waals surface area (Å²) in [5.41, 5.74) is 2.27. The van der Waals surface area contributed by atoms with Gasteiger partial charge in [-0.3, -0.25) is 9.59 Å². The third-order valence-corrected chi connectivity index (χ3v) is 6.04. The Morgan fingerprint density at radius 1 is 0.903 bits per heavy atom. The second kappa shape index (κ2) is 11.6. The van der Waals surface area contributed by atoms with E-state index in [0.29, 0.717) is 17.1 Å². The topological polar surface area (TPSA) is 58.2 Å². The highest BCUT2D eigenvalue weighted by molar-refractivity contribution is 8.00. The third-order valence-electron chi connectivity index (χ3n) is 4.56. The molecule has 0 aliphatic heterocycles. The highest BCUT2D eigenvalue weighted by atomic mass is 35.5. The van der Waals surface area contributed by atoms with Crippen molar-refractivity contribution in [2.45, 2.75) is 36.3 Å². The fourth-order valence-corrected chi connectivity index (χ4v) is 4.29. The van der Waals surface area contributed by atoms with Gasteiger partial charge < -0.3 is 10.6 Å². The minimum Gasteiger partial charge on any atom is -0.326 e. The van der Waals surface area contributed by atoms with Crippen LogP contribution < -0.4 is 10.6 Å². The first-order valence-corrected chi connectivity index (χ1v) is 11.5. The molecule has 1 unspecified atom stereocenters. The van der Waals surface area contributed by atoms with Crippen molar-refractivity contribution < 1.29 is 9.59 Å². The third kappa shape index (κ3) is 7.16. The number of nitrogens with one attached hydrogen (secondary N) is 2. The molecule has 0 radical (unpaired) electrons. The smallest absolute Gasteiger partial charge is 0.242 e. The maximum atomic E-state index is 13.2. The lowest BCUT2D eigenvalue weighted by Crippen LogP contribution is -2.19. The fraction of sp³-hybridized carbons (Fsp3) is 0.200. The monoisotopic (exact) mass is 452 g/mol. The zero-order chi connectivity index (χ0) is 22.1. The van der Waals surface area contributed by atoms with Gasteiger partial charge in [-0.2, -0.15) is 0 Å². The predicted molar refractivity (Wildman–Crippen MR) is 130 cm³/mol. The average molecular weight is 453 g/mol. The van der Waals surface area contributed by atoms with Gasteiger partial charge in [0.15, 0.2) is 0 Å². The number of unbranched alkanes of at least 4 members (excludes halogenated alkanes) is 1. The second-order valence-electron chi connectivity index (χ2n) is 7.09. The van der Waals surface area contributed by atoms with Crippen LogP contribution in [0.3, 0.4) is 0 Å². The molecule has 6 heteroatoms. The Balaban J connectivity index is 1.78. The van der Waals surface area contributed by atoms with Crippen LogP contribution in [-0.2, 0) is 9.59 Å². The van der Waals surface area contributed by atoms with Crippen molar-refractivity contribution in [1.82, 2.24) is 0 Å². The van der Waals surface area contributed by atoms with Crippen LogP contribution in [-0.4, -0.2) is 11.8 Å². The summed E-state index contributed by atoms with van der Waals surface area (Å²) < 4.78 is 0. The molecule has 2 N–H and O–H groups in total. The van der Waals surface area contributed by atoms with E-state index in [1.165, 1.54) is 11.8 Å². The number of carbonyl (C=O) groups is 2. The molecule has 3 rings (SSSR count). The molecule has 1 atom stereocenters. The molecule has 0 spiro atoms. The molecule has 3 aromatic carbocycles. The average Bonchev–Trinajstić information content (AvgIpc) is 2.77. The van der Waals surface area contributed by atoms with Crippen molar-refractivity contribution in [3.63, 3.8) is 0 Å². The van der Waals surface area contributed by atoms with E-state index in [1.54, 1.807) is 18.2 Å². The molecule has 160 valence electrons. The second-order valence-corrected chi connectivity index (χ2v) is 8.70. The van der Waals surface area contributed by atoms with E-state index < -0.39 is 5.25 Å². The largest absolute Gasteiger partial charge is 0.326 e. The summed E-state index contributed by atoms with van der Waals surface area (Å²) in [6.07, 6.45) is 2.34. The molecule has 0 heterocycles. The Labute approximate surface area is 192 Å². The first kappa shape index (κ1) is 22.9. The molecule has 3 aromatic rings. The van der Waals surface area contributed by atoms with E-state index in [-0.39, 0.29) is 11.8 Å². The van der Waals surface area contributed by atoms with Crippen LogP contribution in [0.1, 0.15) is 37.0 Å². The van der Waals surface area contributed by atoms with Crippen LogP contribution in [0.4, 0.5) is 11.4 Å². The molecule has 0 saturated heterocycles. The maximum Gasteiger partial charge on any atom is 0.242 e. The molecule has 2 amide bonds. The highest BCUT2D eigenvalue weighted by Crippen LogP contribution is 2.37. The molecule has 0 aliphatic rings. The summed E-state index contributed by atoms with van der Waals surface area (Å²) in [6, 6.07) is 24.3. The molecule has 0 fully saturated rings. The highest BCUT2D eigenvalue weighted by Gasteiger charge is 2.22. The van der Waals surface area contributed by atoms with Gasteiger partial charge in [0.25, 0.3) is 0 Å². The standard InChI is InChI=1S/C25H25ClN2O2S/c1-2-3-15-23(29)27-21-13-8-14-22(17-21)31-24(18-9-5-4-6-10-18)25(30)28-20-12-7-11-19(26)16-20/h4-14,16-17,24H,2-3,15H2,1H3,(H,27,29)(H,28,30). The number of amides is 2. The van der Waals surface area contributed by atoms with Crippen LogP contribution in [0.15, 0.2) is 83.8 Å². The van der Waals surface area contributed by atoms with Crippen molar-refractivity contribution in [2.24, 2.45) is 0 Å². The van der Waals surface area contributed by atoms with Gasteiger partial charge in [-0.25, -0.2) is 0 Å². The number of rotatable bonds is 9. The van der Waals surface area contributed by atoms with Gasteiger partial charge in [-0.1, -0.05) is 67.4 Å². The lowest BCUT2D eigenvalue weighted by atomic mass is 10.1. The summed E-state index contributed by atoms with van der Waals surface area (Å²) in [6.45, 7) is 2.06. The van der Waals surface area contributed by atoms with Crippen molar-refractivity contribution in [1.29, 1.82) is 0 Å². The van der Waals surface area contributed by atoms with Gasteiger partial charge >= 0.3 is 0 Å². The van der Waals surface area contributed by atoms with Crippen molar-refractivity contribution in [3.05, 3.63) is 89.4 Å². The molecular formula is C25H25ClN2O2S. The molecule has 31 heavy (non-hydrogen) atoms. The number of carbonyl (C=O) groups excluding carboxylic acids is 2. The number of benzene rings is 3. The number of hydrogen-bond donors (Lipinski definition) is 2. The Hall–Kier alpha value is -2.76. The minimum absolute atomic E-state index is 0.00214. The number of thioether (sulfide) groups is 1. The van der Waals surface area contributed by atoms with Crippen molar-refractivity contribution in [2.75, 3.05) is 10.6 Å². The number of hydrogen-bond acceptors (Lipinski definition) is 3. The zero-order valence-corrected chi connectivity index (χ0v) is 18.9. The Kier molecular flexibility index (Phi) is 8.56. The molecular weight excluding hydrogens is 428 g/mol. The first-order chi connectivity index (χ1) is 15.0. The van der Waals surface area contributed by atoms with E-state index in [4.69, 9.17) is 11.6 Å². The molecule has 0 bridgehead atoms. The van der Waals surface area contributed by atoms with Crippen LogP contribution in [0.5, 0.6) is 0 Å². The molecule has 0 aromatic heterocycles. The van der Waals surface area contributed by atoms with Crippen LogP contribution in [0.2, 0.25) is 5.02 Å². The molecule has 4 nitrogen and oxygen atoms in total. The van der Waals surface area contributed by atoms with Gasteiger partial charge in [0.2, 0.25) is 11.8 Å². The van der Waals surface area contributed by atoms with Crippen LogP contribution in [0, 0.1) is 0 Å². The summed E-state index contributed by atoms with van der Waals surface area (Å²) in [5, 5.41) is 5.99. The van der Waals surface area contributed by atoms with Gasteiger partial charge in [0.1, 0.15) is 5.25 Å². The summed E-state index contributed by atoms with van der Waals surface area (Å²) >= 11 is 7.49. The SMILES string of the molecule is CCCCC(=O)Nc1cccc(SC(C(=O)Nc2cccc(Cl)c2)c2ccccc2)c1. The van der Waals surface area contributed by atoms with E-state index in [1.807, 2.05) is 60.7 Å². The number of halogens is 1. The summed E-state index contributed by atoms with van der Waals surface area (Å²) in [5.74, 6) is -0.141. The minimum atomic E-state index is -0.466. The fourth-order valence-electron chi connectivity index (χ4n) is 3.02. The number of anilines is 2. The van der Waals surface area contributed by atoms with E-state index in [2.05, 4.69) is 17.6 Å². The van der Waals surface area contributed by atoms with Crippen LogP contribution >= 0.6 is 23.4 Å². The van der Waals surface area contributed by atoms with Gasteiger partial charge in [-0.15, -0.1) is 11.8 Å². The van der Waals surface area contributed by atoms with Crippen LogP contribution in [0.25, 0.3) is 0 Å². The normalized spacial score (nSPS) is 11.5. The lowest BCUT2D eigenvalue weighted by Gasteiger charge is -2.18. The van der Waals surface area contributed by atoms with E-state index >= 15 is 0 Å². The Morgan fingerprint density at radius 3 is 2.32 bits per heavy atom. The summed E-state index contributed by atoms with van der Waals surface area (Å²) in [4.78, 5) is 26.1. The Morgan fingerprint density at radius 2 is 1.61 bits per heavy atom. The first-order valence-electron chi connectivity index (χ1n) is 10.2.